The SMILES string of the molecule is CCCCc1nc2ccc(Br)cc2c(=O)n1N=Cc1cc(OC)c(OCc2cccc(F)c2)cc1Br. The average molecular weight is 617 g/mol. The Hall–Kier alpha value is -3.04. The molecule has 0 aliphatic rings. The lowest BCUT2D eigenvalue weighted by Crippen LogP contribution is -2.22. The van der Waals surface area contributed by atoms with Crippen LogP contribution in [0.5, 0.6) is 11.5 Å². The van der Waals surface area contributed by atoms with E-state index in [1.807, 2.05) is 12.1 Å². The fourth-order valence-corrected chi connectivity index (χ4v) is 4.43. The molecule has 0 spiro atoms. The van der Waals surface area contributed by atoms with Gasteiger partial charge in [0.25, 0.3) is 5.56 Å². The number of methoxy groups -OCH3 is 1. The molecule has 1 heterocycles. The van der Waals surface area contributed by atoms with Gasteiger partial charge in [-0.3, -0.25) is 4.79 Å². The molecule has 0 atom stereocenters. The maximum Gasteiger partial charge on any atom is 0.282 e. The molecule has 3 aromatic carbocycles. The third-order valence-electron chi connectivity index (χ3n) is 5.51. The topological polar surface area (TPSA) is 65.7 Å². The van der Waals surface area contributed by atoms with Crippen molar-refractivity contribution in [2.75, 3.05) is 7.11 Å². The van der Waals surface area contributed by atoms with Crippen LogP contribution in [0, 0.1) is 5.82 Å². The molecule has 9 heteroatoms. The summed E-state index contributed by atoms with van der Waals surface area (Å²) in [6.45, 7) is 2.27. The number of halogens is 3. The highest BCUT2D eigenvalue weighted by atomic mass is 79.9. The van der Waals surface area contributed by atoms with E-state index in [0.717, 1.165) is 17.3 Å². The zero-order valence-electron chi connectivity index (χ0n) is 19.8. The monoisotopic (exact) mass is 615 g/mol. The number of aryl methyl sites for hydroxylation is 1. The fourth-order valence-electron chi connectivity index (χ4n) is 3.64. The summed E-state index contributed by atoms with van der Waals surface area (Å²) in [5.74, 6) is 1.25. The number of unbranched alkanes of at least 4 members (excludes halogenated alkanes) is 1. The van der Waals surface area contributed by atoms with E-state index >= 15 is 0 Å². The van der Waals surface area contributed by atoms with Crippen LogP contribution in [-0.4, -0.2) is 23.0 Å². The van der Waals surface area contributed by atoms with E-state index in [1.54, 1.807) is 36.5 Å². The van der Waals surface area contributed by atoms with E-state index in [0.29, 0.717) is 50.2 Å². The second-order valence-electron chi connectivity index (χ2n) is 8.10. The first-order chi connectivity index (χ1) is 17.4. The standard InChI is InChI=1S/C27H24Br2FN3O3/c1-3-4-8-26-32-23-10-9-19(28)13-21(23)27(34)33(26)31-15-18-12-24(35-2)25(14-22(18)29)36-16-17-6-5-7-20(30)11-17/h5-7,9-15H,3-4,8,16H2,1-2H3. The first-order valence-corrected chi connectivity index (χ1v) is 13.0. The number of nitrogens with zero attached hydrogens (tertiary/aromatic N) is 3. The average Bonchev–Trinajstić information content (AvgIpc) is 2.87. The van der Waals surface area contributed by atoms with Crippen molar-refractivity contribution in [2.24, 2.45) is 5.10 Å². The van der Waals surface area contributed by atoms with Gasteiger partial charge in [0.15, 0.2) is 11.5 Å². The lowest BCUT2D eigenvalue weighted by molar-refractivity contribution is 0.284. The summed E-state index contributed by atoms with van der Waals surface area (Å²) in [7, 11) is 1.54. The quantitative estimate of drug-likeness (QED) is 0.192. The van der Waals surface area contributed by atoms with E-state index in [-0.39, 0.29) is 18.0 Å². The fraction of sp³-hybridized carbons (Fsp3) is 0.222. The highest BCUT2D eigenvalue weighted by Crippen LogP contribution is 2.33. The van der Waals surface area contributed by atoms with Crippen LogP contribution in [0.2, 0.25) is 0 Å². The van der Waals surface area contributed by atoms with Gasteiger partial charge >= 0.3 is 0 Å². The molecule has 4 rings (SSSR count). The van der Waals surface area contributed by atoms with Crippen molar-refractivity contribution >= 4 is 49.0 Å². The smallest absolute Gasteiger partial charge is 0.282 e. The molecular weight excluding hydrogens is 593 g/mol. The summed E-state index contributed by atoms with van der Waals surface area (Å²) < 4.78 is 27.7. The summed E-state index contributed by atoms with van der Waals surface area (Å²) >= 11 is 6.98. The normalized spacial score (nSPS) is 11.4. The van der Waals surface area contributed by atoms with Gasteiger partial charge in [-0.2, -0.15) is 9.78 Å². The Morgan fingerprint density at radius 1 is 1.11 bits per heavy atom. The number of hydrogen-bond donors (Lipinski definition) is 0. The largest absolute Gasteiger partial charge is 0.493 e. The molecule has 0 unspecified atom stereocenters. The lowest BCUT2D eigenvalue weighted by atomic mass is 10.2. The molecule has 0 N–H and O–H groups in total. The van der Waals surface area contributed by atoms with Gasteiger partial charge in [0, 0.05) is 20.9 Å². The van der Waals surface area contributed by atoms with Gasteiger partial charge in [-0.1, -0.05) is 41.4 Å². The number of aromatic nitrogens is 2. The third-order valence-corrected chi connectivity index (χ3v) is 6.69. The van der Waals surface area contributed by atoms with Crippen LogP contribution < -0.4 is 15.0 Å². The second-order valence-corrected chi connectivity index (χ2v) is 9.87. The lowest BCUT2D eigenvalue weighted by Gasteiger charge is -2.13. The zero-order valence-corrected chi connectivity index (χ0v) is 23.0. The van der Waals surface area contributed by atoms with Crippen LogP contribution in [0.25, 0.3) is 10.9 Å². The molecule has 36 heavy (non-hydrogen) atoms. The Morgan fingerprint density at radius 3 is 2.69 bits per heavy atom. The van der Waals surface area contributed by atoms with Crippen LogP contribution in [-0.2, 0) is 13.0 Å². The van der Waals surface area contributed by atoms with Crippen LogP contribution >= 0.6 is 31.9 Å². The summed E-state index contributed by atoms with van der Waals surface area (Å²) in [5, 5.41) is 5.00. The number of hydrogen-bond acceptors (Lipinski definition) is 5. The second kappa shape index (κ2) is 11.8. The molecule has 0 saturated carbocycles. The number of benzene rings is 3. The summed E-state index contributed by atoms with van der Waals surface area (Å²) in [4.78, 5) is 18.0. The molecule has 6 nitrogen and oxygen atoms in total. The van der Waals surface area contributed by atoms with Crippen molar-refractivity contribution < 1.29 is 13.9 Å². The molecule has 0 bridgehead atoms. The molecule has 1 aromatic heterocycles. The summed E-state index contributed by atoms with van der Waals surface area (Å²) in [6.07, 6.45) is 4.08. The minimum atomic E-state index is -0.320. The number of fused-ring (bicyclic) bond motifs is 1. The molecule has 0 aliphatic carbocycles. The van der Waals surface area contributed by atoms with Gasteiger partial charge in [0.2, 0.25) is 0 Å². The Balaban J connectivity index is 1.67. The first kappa shape index (κ1) is 26.0. The molecule has 0 fully saturated rings. The maximum absolute atomic E-state index is 13.5. The predicted molar refractivity (Wildman–Crippen MR) is 147 cm³/mol. The van der Waals surface area contributed by atoms with Crippen molar-refractivity contribution in [1.82, 2.24) is 9.66 Å². The van der Waals surface area contributed by atoms with Gasteiger partial charge in [0.05, 0.1) is 24.2 Å². The van der Waals surface area contributed by atoms with Crippen molar-refractivity contribution in [2.45, 2.75) is 32.8 Å². The Kier molecular flexibility index (Phi) is 8.53. The van der Waals surface area contributed by atoms with Crippen molar-refractivity contribution in [3.05, 3.63) is 96.7 Å². The van der Waals surface area contributed by atoms with E-state index in [2.05, 4.69) is 43.9 Å². The van der Waals surface area contributed by atoms with E-state index in [1.165, 1.54) is 23.9 Å². The molecule has 0 aliphatic heterocycles. The van der Waals surface area contributed by atoms with E-state index < -0.39 is 0 Å². The van der Waals surface area contributed by atoms with Gasteiger partial charge in [0.1, 0.15) is 18.2 Å². The van der Waals surface area contributed by atoms with Crippen LogP contribution in [0.1, 0.15) is 36.7 Å². The minimum Gasteiger partial charge on any atom is -0.493 e. The Bertz CT molecular complexity index is 1490. The molecule has 186 valence electrons. The molecule has 0 saturated heterocycles. The van der Waals surface area contributed by atoms with Crippen molar-refractivity contribution in [3.8, 4) is 11.5 Å². The third kappa shape index (κ3) is 6.02. The van der Waals surface area contributed by atoms with E-state index in [9.17, 15) is 9.18 Å². The molecule has 0 radical (unpaired) electrons. The van der Waals surface area contributed by atoms with Gasteiger partial charge in [-0.25, -0.2) is 9.37 Å². The first-order valence-electron chi connectivity index (χ1n) is 11.4. The minimum absolute atomic E-state index is 0.183. The van der Waals surface area contributed by atoms with Gasteiger partial charge < -0.3 is 9.47 Å². The van der Waals surface area contributed by atoms with Gasteiger partial charge in [-0.05, 0) is 70.4 Å². The Morgan fingerprint density at radius 2 is 1.94 bits per heavy atom. The highest BCUT2D eigenvalue weighted by Gasteiger charge is 2.13. The number of ether oxygens (including phenoxy) is 2. The molecular formula is C27H24Br2FN3O3. The number of rotatable bonds is 9. The molecule has 0 amide bonds. The van der Waals surface area contributed by atoms with E-state index in [4.69, 9.17) is 14.5 Å². The van der Waals surface area contributed by atoms with Crippen molar-refractivity contribution in [1.29, 1.82) is 0 Å². The zero-order chi connectivity index (χ0) is 25.7. The molecule has 4 aromatic rings. The van der Waals surface area contributed by atoms with Gasteiger partial charge in [-0.15, -0.1) is 0 Å². The highest BCUT2D eigenvalue weighted by molar-refractivity contribution is 9.10. The van der Waals surface area contributed by atoms with Crippen LogP contribution in [0.4, 0.5) is 4.39 Å². The summed E-state index contributed by atoms with van der Waals surface area (Å²) in [6, 6.07) is 15.2. The maximum atomic E-state index is 13.5. The predicted octanol–water partition coefficient (Wildman–Crippen LogP) is 6.87. The Labute approximate surface area is 225 Å². The van der Waals surface area contributed by atoms with Crippen LogP contribution in [0.15, 0.2) is 73.4 Å². The van der Waals surface area contributed by atoms with Crippen LogP contribution in [0.3, 0.4) is 0 Å². The van der Waals surface area contributed by atoms with Crippen molar-refractivity contribution in [3.63, 3.8) is 0 Å². The summed E-state index contributed by atoms with van der Waals surface area (Å²) in [5.41, 5.74) is 1.80.